The summed E-state index contributed by atoms with van der Waals surface area (Å²) in [4.78, 5) is 0. The summed E-state index contributed by atoms with van der Waals surface area (Å²) < 4.78 is 26.8. The number of aromatic hydroxyl groups is 1. The Bertz CT molecular complexity index is 375. The first-order valence-corrected chi connectivity index (χ1v) is 4.48. The summed E-state index contributed by atoms with van der Waals surface area (Å²) in [5.74, 6) is -2.00. The van der Waals surface area contributed by atoms with Crippen molar-refractivity contribution in [2.45, 2.75) is 18.3 Å². The second-order valence-electron chi connectivity index (χ2n) is 3.74. The average Bonchev–Trinajstić information content (AvgIpc) is 2.93. The summed E-state index contributed by atoms with van der Waals surface area (Å²) in [6.45, 7) is 0.213. The summed E-state index contributed by atoms with van der Waals surface area (Å²) in [7, 11) is 0. The fraction of sp³-hybridized carbons (Fsp3) is 0.400. The lowest BCUT2D eigenvalue weighted by atomic mass is 9.94. The molecule has 0 aliphatic heterocycles. The van der Waals surface area contributed by atoms with E-state index in [2.05, 4.69) is 0 Å². The predicted octanol–water partition coefficient (Wildman–Crippen LogP) is 1.66. The van der Waals surface area contributed by atoms with E-state index in [1.807, 2.05) is 0 Å². The number of nitrogens with two attached hydrogens (primary N) is 1. The molecule has 0 bridgehead atoms. The summed E-state index contributed by atoms with van der Waals surface area (Å²) >= 11 is 0. The van der Waals surface area contributed by atoms with Crippen molar-refractivity contribution in [1.82, 2.24) is 0 Å². The van der Waals surface area contributed by atoms with Crippen molar-refractivity contribution in [2.24, 2.45) is 5.73 Å². The first-order valence-electron chi connectivity index (χ1n) is 4.48. The summed E-state index contributed by atoms with van der Waals surface area (Å²) in [5, 5.41) is 9.13. The predicted molar refractivity (Wildman–Crippen MR) is 48.0 cm³/mol. The molecular formula is C10H11F2NO. The third-order valence-electron chi connectivity index (χ3n) is 2.85. The number of benzene rings is 1. The maximum atomic E-state index is 13.4. The van der Waals surface area contributed by atoms with E-state index in [1.54, 1.807) is 0 Å². The van der Waals surface area contributed by atoms with Crippen LogP contribution in [0.3, 0.4) is 0 Å². The van der Waals surface area contributed by atoms with Gasteiger partial charge in [-0.05, 0) is 25.0 Å². The molecule has 0 heterocycles. The first kappa shape index (κ1) is 9.40. The van der Waals surface area contributed by atoms with Gasteiger partial charge in [0, 0.05) is 17.5 Å². The van der Waals surface area contributed by atoms with Crippen molar-refractivity contribution in [3.63, 3.8) is 0 Å². The zero-order valence-electron chi connectivity index (χ0n) is 7.56. The van der Waals surface area contributed by atoms with Gasteiger partial charge in [-0.25, -0.2) is 8.78 Å². The highest BCUT2D eigenvalue weighted by Crippen LogP contribution is 2.50. The average molecular weight is 199 g/mol. The Morgan fingerprint density at radius 1 is 1.36 bits per heavy atom. The standard InChI is InChI=1S/C10H11F2NO/c11-6-1-2-7(14)9(12)8(6)10(5-13)3-4-10/h1-2,14H,3-5,13H2. The van der Waals surface area contributed by atoms with Crippen LogP contribution in [-0.4, -0.2) is 11.7 Å². The van der Waals surface area contributed by atoms with Crippen molar-refractivity contribution < 1.29 is 13.9 Å². The van der Waals surface area contributed by atoms with E-state index in [9.17, 15) is 8.78 Å². The lowest BCUT2D eigenvalue weighted by molar-refractivity contribution is 0.414. The summed E-state index contributed by atoms with van der Waals surface area (Å²) in [6.07, 6.45) is 1.36. The first-order chi connectivity index (χ1) is 6.60. The van der Waals surface area contributed by atoms with Crippen molar-refractivity contribution >= 4 is 0 Å². The van der Waals surface area contributed by atoms with Crippen LogP contribution in [0, 0.1) is 11.6 Å². The van der Waals surface area contributed by atoms with Gasteiger partial charge in [-0.2, -0.15) is 0 Å². The molecule has 1 aliphatic rings. The van der Waals surface area contributed by atoms with Gasteiger partial charge in [0.1, 0.15) is 5.82 Å². The van der Waals surface area contributed by atoms with Crippen molar-refractivity contribution in [1.29, 1.82) is 0 Å². The minimum absolute atomic E-state index is 0.0556. The fourth-order valence-corrected chi connectivity index (χ4v) is 1.73. The van der Waals surface area contributed by atoms with Gasteiger partial charge in [-0.15, -0.1) is 0 Å². The van der Waals surface area contributed by atoms with E-state index in [1.165, 1.54) is 0 Å². The van der Waals surface area contributed by atoms with Crippen LogP contribution in [0.5, 0.6) is 5.75 Å². The molecule has 4 heteroatoms. The van der Waals surface area contributed by atoms with Crippen molar-refractivity contribution in [2.75, 3.05) is 6.54 Å². The van der Waals surface area contributed by atoms with Crippen LogP contribution in [-0.2, 0) is 5.41 Å². The molecule has 0 spiro atoms. The van der Waals surface area contributed by atoms with E-state index in [0.717, 1.165) is 12.1 Å². The quantitative estimate of drug-likeness (QED) is 0.760. The Morgan fingerprint density at radius 2 is 2.00 bits per heavy atom. The molecule has 0 unspecified atom stereocenters. The van der Waals surface area contributed by atoms with Crippen LogP contribution in [0.25, 0.3) is 0 Å². The molecule has 0 atom stereocenters. The highest BCUT2D eigenvalue weighted by Gasteiger charge is 2.47. The third kappa shape index (κ3) is 1.18. The third-order valence-corrected chi connectivity index (χ3v) is 2.85. The molecule has 76 valence electrons. The molecular weight excluding hydrogens is 188 g/mol. The Kier molecular flexibility index (Phi) is 1.96. The fourth-order valence-electron chi connectivity index (χ4n) is 1.73. The van der Waals surface area contributed by atoms with Gasteiger partial charge in [-0.1, -0.05) is 0 Å². The zero-order valence-corrected chi connectivity index (χ0v) is 7.56. The lowest BCUT2D eigenvalue weighted by Crippen LogP contribution is -2.22. The van der Waals surface area contributed by atoms with E-state index >= 15 is 0 Å². The maximum Gasteiger partial charge on any atom is 0.171 e. The normalized spacial score (nSPS) is 18.2. The lowest BCUT2D eigenvalue weighted by Gasteiger charge is -2.15. The van der Waals surface area contributed by atoms with Crippen LogP contribution in [0.15, 0.2) is 12.1 Å². The molecule has 0 amide bonds. The van der Waals surface area contributed by atoms with Crippen LogP contribution in [0.1, 0.15) is 18.4 Å². The summed E-state index contributed by atoms with van der Waals surface area (Å²) in [5.41, 5.74) is 4.84. The van der Waals surface area contributed by atoms with Crippen LogP contribution >= 0.6 is 0 Å². The molecule has 14 heavy (non-hydrogen) atoms. The second kappa shape index (κ2) is 2.92. The van der Waals surface area contributed by atoms with Gasteiger partial charge in [0.05, 0.1) is 0 Å². The molecule has 3 N–H and O–H groups in total. The maximum absolute atomic E-state index is 13.4. The number of halogens is 2. The van der Waals surface area contributed by atoms with E-state index < -0.39 is 22.8 Å². The van der Waals surface area contributed by atoms with E-state index in [-0.39, 0.29) is 12.1 Å². The molecule has 2 nitrogen and oxygen atoms in total. The molecule has 0 aromatic heterocycles. The molecule has 1 aliphatic carbocycles. The Labute approximate surface area is 80.4 Å². The largest absolute Gasteiger partial charge is 0.505 e. The molecule has 1 fully saturated rings. The molecule has 0 radical (unpaired) electrons. The highest BCUT2D eigenvalue weighted by molar-refractivity contribution is 5.40. The van der Waals surface area contributed by atoms with Gasteiger partial charge < -0.3 is 10.8 Å². The zero-order chi connectivity index (χ0) is 10.3. The van der Waals surface area contributed by atoms with Gasteiger partial charge in [-0.3, -0.25) is 0 Å². The number of hydrogen-bond acceptors (Lipinski definition) is 2. The SMILES string of the molecule is NCC1(c2c(F)ccc(O)c2F)CC1. The Hall–Kier alpha value is -1.16. The topological polar surface area (TPSA) is 46.2 Å². The van der Waals surface area contributed by atoms with Crippen LogP contribution < -0.4 is 5.73 Å². The Balaban J connectivity index is 2.57. The molecule has 2 rings (SSSR count). The smallest absolute Gasteiger partial charge is 0.171 e. The minimum Gasteiger partial charge on any atom is -0.505 e. The second-order valence-corrected chi connectivity index (χ2v) is 3.74. The number of rotatable bonds is 2. The van der Waals surface area contributed by atoms with Gasteiger partial charge in [0.25, 0.3) is 0 Å². The number of hydrogen-bond donors (Lipinski definition) is 2. The Morgan fingerprint density at radius 3 is 2.50 bits per heavy atom. The number of phenols is 1. The van der Waals surface area contributed by atoms with Gasteiger partial charge in [0.2, 0.25) is 0 Å². The molecule has 1 saturated carbocycles. The highest BCUT2D eigenvalue weighted by atomic mass is 19.1. The monoisotopic (exact) mass is 199 g/mol. The molecule has 0 saturated heterocycles. The van der Waals surface area contributed by atoms with Gasteiger partial charge in [0.15, 0.2) is 11.6 Å². The molecule has 1 aromatic carbocycles. The van der Waals surface area contributed by atoms with Crippen molar-refractivity contribution in [3.05, 3.63) is 29.3 Å². The van der Waals surface area contributed by atoms with Crippen LogP contribution in [0.2, 0.25) is 0 Å². The number of phenolic OH excluding ortho intramolecular Hbond substituents is 1. The molecule has 1 aromatic rings. The van der Waals surface area contributed by atoms with Crippen LogP contribution in [0.4, 0.5) is 8.78 Å². The minimum atomic E-state index is -0.868. The van der Waals surface area contributed by atoms with E-state index in [4.69, 9.17) is 10.8 Å². The summed E-state index contributed by atoms with van der Waals surface area (Å²) in [6, 6.07) is 2.09. The van der Waals surface area contributed by atoms with E-state index in [0.29, 0.717) is 12.8 Å². The van der Waals surface area contributed by atoms with Crippen molar-refractivity contribution in [3.8, 4) is 5.75 Å². The van der Waals surface area contributed by atoms with Gasteiger partial charge >= 0.3 is 0 Å².